The van der Waals surface area contributed by atoms with E-state index in [0.29, 0.717) is 11.6 Å². The molecule has 1 saturated carbocycles. The molecule has 90 valence electrons. The molecule has 0 atom stereocenters. The SMILES string of the molecule is CN1Cc2ccc(Cl)cc2C2(CC(N)C2)C1=O. The van der Waals surface area contributed by atoms with E-state index in [1.165, 1.54) is 5.56 Å². The van der Waals surface area contributed by atoms with Crippen LogP contribution in [0.3, 0.4) is 0 Å². The van der Waals surface area contributed by atoms with Gasteiger partial charge >= 0.3 is 0 Å². The highest BCUT2D eigenvalue weighted by Gasteiger charge is 2.54. The van der Waals surface area contributed by atoms with Crippen LogP contribution in [0.15, 0.2) is 18.2 Å². The van der Waals surface area contributed by atoms with Gasteiger partial charge in [-0.1, -0.05) is 17.7 Å². The molecule has 1 fully saturated rings. The number of halogens is 1. The molecule has 0 radical (unpaired) electrons. The van der Waals surface area contributed by atoms with E-state index in [0.717, 1.165) is 18.4 Å². The highest BCUT2D eigenvalue weighted by Crippen LogP contribution is 2.48. The van der Waals surface area contributed by atoms with Gasteiger partial charge in [0.2, 0.25) is 5.91 Å². The lowest BCUT2D eigenvalue weighted by Gasteiger charge is -2.50. The number of carbonyl (C=O) groups is 1. The van der Waals surface area contributed by atoms with Gasteiger partial charge in [-0.25, -0.2) is 0 Å². The second-order valence-electron chi connectivity index (χ2n) is 5.21. The lowest BCUT2D eigenvalue weighted by atomic mass is 9.59. The first kappa shape index (κ1) is 11.1. The van der Waals surface area contributed by atoms with Crippen molar-refractivity contribution in [3.05, 3.63) is 34.3 Å². The van der Waals surface area contributed by atoms with E-state index in [1.807, 2.05) is 25.2 Å². The topological polar surface area (TPSA) is 46.3 Å². The summed E-state index contributed by atoms with van der Waals surface area (Å²) in [6.07, 6.45) is 1.48. The van der Waals surface area contributed by atoms with Gasteiger partial charge in [0.15, 0.2) is 0 Å². The molecule has 4 heteroatoms. The van der Waals surface area contributed by atoms with Crippen LogP contribution >= 0.6 is 11.6 Å². The van der Waals surface area contributed by atoms with E-state index < -0.39 is 5.41 Å². The summed E-state index contributed by atoms with van der Waals surface area (Å²) in [4.78, 5) is 14.2. The largest absolute Gasteiger partial charge is 0.341 e. The Morgan fingerprint density at radius 2 is 2.18 bits per heavy atom. The van der Waals surface area contributed by atoms with Gasteiger partial charge in [-0.15, -0.1) is 0 Å². The van der Waals surface area contributed by atoms with Crippen LogP contribution in [-0.4, -0.2) is 23.9 Å². The van der Waals surface area contributed by atoms with Crippen molar-refractivity contribution in [1.82, 2.24) is 4.90 Å². The number of amides is 1. The molecule has 1 aliphatic carbocycles. The van der Waals surface area contributed by atoms with Crippen molar-refractivity contribution < 1.29 is 4.79 Å². The quantitative estimate of drug-likeness (QED) is 0.761. The number of carbonyl (C=O) groups excluding carboxylic acids is 1. The van der Waals surface area contributed by atoms with Crippen LogP contribution < -0.4 is 5.73 Å². The summed E-state index contributed by atoms with van der Waals surface area (Å²) >= 11 is 6.05. The number of benzene rings is 1. The molecule has 1 spiro atoms. The third-order valence-electron chi connectivity index (χ3n) is 3.97. The molecule has 3 rings (SSSR count). The predicted octanol–water partition coefficient (Wildman–Crippen LogP) is 1.67. The summed E-state index contributed by atoms with van der Waals surface area (Å²) in [5.74, 6) is 0.189. The van der Waals surface area contributed by atoms with Gasteiger partial charge in [0, 0.05) is 24.7 Å². The first-order chi connectivity index (χ1) is 8.03. The minimum absolute atomic E-state index is 0.136. The molecule has 0 saturated heterocycles. The fourth-order valence-corrected chi connectivity index (χ4v) is 3.34. The van der Waals surface area contributed by atoms with E-state index in [1.54, 1.807) is 4.90 Å². The fraction of sp³-hybridized carbons (Fsp3) is 0.462. The summed E-state index contributed by atoms with van der Waals surface area (Å²) in [7, 11) is 1.85. The van der Waals surface area contributed by atoms with Crippen molar-refractivity contribution >= 4 is 17.5 Å². The minimum atomic E-state index is -0.396. The first-order valence-corrected chi connectivity index (χ1v) is 6.21. The molecule has 17 heavy (non-hydrogen) atoms. The second-order valence-corrected chi connectivity index (χ2v) is 5.65. The van der Waals surface area contributed by atoms with Crippen LogP contribution in [0.4, 0.5) is 0 Å². The minimum Gasteiger partial charge on any atom is -0.341 e. The molecule has 1 heterocycles. The van der Waals surface area contributed by atoms with Crippen molar-refractivity contribution in [2.75, 3.05) is 7.05 Å². The number of nitrogens with zero attached hydrogens (tertiary/aromatic N) is 1. The molecule has 2 N–H and O–H groups in total. The Balaban J connectivity index is 2.15. The van der Waals surface area contributed by atoms with Crippen LogP contribution in [0.1, 0.15) is 24.0 Å². The van der Waals surface area contributed by atoms with Gasteiger partial charge in [0.1, 0.15) is 0 Å². The van der Waals surface area contributed by atoms with Crippen molar-refractivity contribution in [1.29, 1.82) is 0 Å². The normalized spacial score (nSPS) is 31.4. The Kier molecular flexibility index (Phi) is 2.25. The smallest absolute Gasteiger partial charge is 0.233 e. The number of hydrogen-bond donors (Lipinski definition) is 1. The Bertz CT molecular complexity index is 494. The molecule has 0 unspecified atom stereocenters. The zero-order valence-electron chi connectivity index (χ0n) is 9.74. The molecular weight excluding hydrogens is 236 g/mol. The van der Waals surface area contributed by atoms with Gasteiger partial charge < -0.3 is 10.6 Å². The number of fused-ring (bicyclic) bond motifs is 2. The maximum Gasteiger partial charge on any atom is 0.233 e. The van der Waals surface area contributed by atoms with Crippen molar-refractivity contribution in [2.24, 2.45) is 5.73 Å². The van der Waals surface area contributed by atoms with Gasteiger partial charge in [0.25, 0.3) is 0 Å². The van der Waals surface area contributed by atoms with E-state index >= 15 is 0 Å². The van der Waals surface area contributed by atoms with Crippen molar-refractivity contribution in [3.8, 4) is 0 Å². The van der Waals surface area contributed by atoms with Crippen LogP contribution in [0.5, 0.6) is 0 Å². The van der Waals surface area contributed by atoms with E-state index in [-0.39, 0.29) is 11.9 Å². The van der Waals surface area contributed by atoms with Gasteiger partial charge in [-0.2, -0.15) is 0 Å². The first-order valence-electron chi connectivity index (χ1n) is 5.83. The second kappa shape index (κ2) is 3.47. The maximum absolute atomic E-state index is 12.4. The van der Waals surface area contributed by atoms with E-state index in [9.17, 15) is 4.79 Å². The van der Waals surface area contributed by atoms with Crippen LogP contribution in [-0.2, 0) is 16.8 Å². The predicted molar refractivity (Wildman–Crippen MR) is 66.8 cm³/mol. The van der Waals surface area contributed by atoms with E-state index in [2.05, 4.69) is 0 Å². The zero-order valence-corrected chi connectivity index (χ0v) is 10.5. The molecule has 0 bridgehead atoms. The van der Waals surface area contributed by atoms with Crippen molar-refractivity contribution in [2.45, 2.75) is 30.8 Å². The average molecular weight is 251 g/mol. The third kappa shape index (κ3) is 1.42. The average Bonchev–Trinajstić information content (AvgIpc) is 2.24. The molecule has 2 aliphatic rings. The summed E-state index contributed by atoms with van der Waals surface area (Å²) in [6.45, 7) is 0.669. The monoisotopic (exact) mass is 250 g/mol. The molecule has 1 aromatic rings. The Hall–Kier alpha value is -1.06. The zero-order chi connectivity index (χ0) is 12.2. The van der Waals surface area contributed by atoms with Gasteiger partial charge in [-0.3, -0.25) is 4.79 Å². The molecular formula is C13H15ClN2O. The molecule has 1 aromatic carbocycles. The molecule has 0 aromatic heterocycles. The standard InChI is InChI=1S/C13H15ClN2O/c1-16-7-8-2-3-9(14)4-11(8)13(12(16)17)5-10(15)6-13/h2-4,10H,5-7,15H2,1H3. The summed E-state index contributed by atoms with van der Waals surface area (Å²) in [6, 6.07) is 5.98. The van der Waals surface area contributed by atoms with Gasteiger partial charge in [0.05, 0.1) is 5.41 Å². The molecule has 1 amide bonds. The Morgan fingerprint density at radius 3 is 2.82 bits per heavy atom. The summed E-state index contributed by atoms with van der Waals surface area (Å²) in [5.41, 5.74) is 7.78. The number of hydrogen-bond acceptors (Lipinski definition) is 2. The van der Waals surface area contributed by atoms with Crippen LogP contribution in [0.25, 0.3) is 0 Å². The maximum atomic E-state index is 12.4. The molecule has 3 nitrogen and oxygen atoms in total. The third-order valence-corrected chi connectivity index (χ3v) is 4.21. The van der Waals surface area contributed by atoms with E-state index in [4.69, 9.17) is 17.3 Å². The fourth-order valence-electron chi connectivity index (χ4n) is 3.17. The number of rotatable bonds is 0. The lowest BCUT2D eigenvalue weighted by molar-refractivity contribution is -0.142. The highest BCUT2D eigenvalue weighted by molar-refractivity contribution is 6.30. The van der Waals surface area contributed by atoms with Crippen LogP contribution in [0.2, 0.25) is 5.02 Å². The van der Waals surface area contributed by atoms with Crippen molar-refractivity contribution in [3.63, 3.8) is 0 Å². The highest BCUT2D eigenvalue weighted by atomic mass is 35.5. The van der Waals surface area contributed by atoms with Gasteiger partial charge in [-0.05, 0) is 36.1 Å². The number of nitrogens with two attached hydrogens (primary N) is 1. The summed E-state index contributed by atoms with van der Waals surface area (Å²) in [5, 5.41) is 0.695. The van der Waals surface area contributed by atoms with Crippen LogP contribution in [0, 0.1) is 0 Å². The number of likely N-dealkylation sites (N-methyl/N-ethyl adjacent to an activating group) is 1. The lowest BCUT2D eigenvalue weighted by Crippen LogP contribution is -2.60. The summed E-state index contributed by atoms with van der Waals surface area (Å²) < 4.78 is 0. The molecule has 1 aliphatic heterocycles. The Labute approximate surface area is 106 Å². The Morgan fingerprint density at radius 1 is 1.47 bits per heavy atom.